The number of hydrogen-bond donors (Lipinski definition) is 1. The van der Waals surface area contributed by atoms with Crippen LogP contribution < -0.4 is 5.32 Å². The lowest BCUT2D eigenvalue weighted by Crippen LogP contribution is -2.17. The molecular weight excluding hydrogens is 262 g/mol. The Morgan fingerprint density at radius 1 is 1.26 bits per heavy atom. The van der Waals surface area contributed by atoms with E-state index in [0.717, 1.165) is 37.1 Å². The topological polar surface area (TPSA) is 51.0 Å². The summed E-state index contributed by atoms with van der Waals surface area (Å²) in [6.45, 7) is 5.94. The average Bonchev–Trinajstić information content (AvgIpc) is 2.87. The van der Waals surface area contributed by atoms with Crippen LogP contribution in [0.15, 0.2) is 22.6 Å². The van der Waals surface area contributed by atoms with E-state index in [2.05, 4.69) is 22.4 Å². The molecule has 0 aliphatic heterocycles. The summed E-state index contributed by atoms with van der Waals surface area (Å²) in [5, 5.41) is 12.1. The van der Waals surface area contributed by atoms with Crippen molar-refractivity contribution in [3.63, 3.8) is 0 Å². The van der Waals surface area contributed by atoms with Gasteiger partial charge in [0.15, 0.2) is 0 Å². The molecule has 0 radical (unpaired) electrons. The van der Waals surface area contributed by atoms with Gasteiger partial charge in [0.2, 0.25) is 11.8 Å². The Kier molecular flexibility index (Phi) is 4.93. The third-order valence-electron chi connectivity index (χ3n) is 2.83. The first kappa shape index (κ1) is 14.0. The van der Waals surface area contributed by atoms with Crippen molar-refractivity contribution in [2.45, 2.75) is 26.7 Å². The van der Waals surface area contributed by atoms with Crippen LogP contribution >= 0.6 is 11.6 Å². The van der Waals surface area contributed by atoms with Crippen LogP contribution in [0, 0.1) is 6.92 Å². The molecule has 2 rings (SSSR count). The van der Waals surface area contributed by atoms with Gasteiger partial charge in [-0.3, -0.25) is 0 Å². The Hall–Kier alpha value is -1.39. The van der Waals surface area contributed by atoms with E-state index < -0.39 is 0 Å². The summed E-state index contributed by atoms with van der Waals surface area (Å²) >= 11 is 6.24. The van der Waals surface area contributed by atoms with Gasteiger partial charge < -0.3 is 9.73 Å². The number of benzene rings is 1. The Balaban J connectivity index is 2.06. The summed E-state index contributed by atoms with van der Waals surface area (Å²) in [5.74, 6) is 1.12. The second-order valence-corrected chi connectivity index (χ2v) is 4.82. The molecule has 5 heteroatoms. The molecule has 102 valence electrons. The number of nitrogens with zero attached hydrogens (tertiary/aromatic N) is 2. The maximum absolute atomic E-state index is 6.24. The van der Waals surface area contributed by atoms with Crippen molar-refractivity contribution in [2.75, 3.05) is 13.1 Å². The number of halogens is 1. The highest BCUT2D eigenvalue weighted by molar-refractivity contribution is 6.33. The number of aryl methyl sites for hydroxylation is 1. The molecule has 0 atom stereocenters. The minimum Gasteiger partial charge on any atom is -0.421 e. The van der Waals surface area contributed by atoms with E-state index in [4.69, 9.17) is 16.0 Å². The monoisotopic (exact) mass is 279 g/mol. The maximum Gasteiger partial charge on any atom is 0.249 e. The first-order chi connectivity index (χ1) is 9.22. The van der Waals surface area contributed by atoms with Crippen molar-refractivity contribution in [3.8, 4) is 11.5 Å². The first-order valence-electron chi connectivity index (χ1n) is 6.51. The predicted molar refractivity (Wildman–Crippen MR) is 76.3 cm³/mol. The van der Waals surface area contributed by atoms with Crippen molar-refractivity contribution in [1.29, 1.82) is 0 Å². The van der Waals surface area contributed by atoms with Crippen molar-refractivity contribution >= 4 is 11.6 Å². The molecule has 0 spiro atoms. The summed E-state index contributed by atoms with van der Waals surface area (Å²) in [6.07, 6.45) is 1.85. The highest BCUT2D eigenvalue weighted by atomic mass is 35.5. The molecule has 1 heterocycles. The van der Waals surface area contributed by atoms with Gasteiger partial charge in [0.05, 0.1) is 10.6 Å². The lowest BCUT2D eigenvalue weighted by molar-refractivity contribution is 0.494. The number of aromatic nitrogens is 2. The largest absolute Gasteiger partial charge is 0.421 e. The van der Waals surface area contributed by atoms with E-state index in [1.165, 1.54) is 0 Å². The van der Waals surface area contributed by atoms with E-state index in [1.54, 1.807) is 0 Å². The fraction of sp³-hybridized carbons (Fsp3) is 0.429. The molecule has 0 amide bonds. The average molecular weight is 280 g/mol. The highest BCUT2D eigenvalue weighted by Gasteiger charge is 2.12. The van der Waals surface area contributed by atoms with E-state index in [-0.39, 0.29) is 0 Å². The Morgan fingerprint density at radius 2 is 2.11 bits per heavy atom. The van der Waals surface area contributed by atoms with Gasteiger partial charge in [-0.15, -0.1) is 10.2 Å². The SMILES string of the molecule is CCCNCCc1nnc(-c2cccc(C)c2Cl)o1. The van der Waals surface area contributed by atoms with Crippen LogP contribution in [0.2, 0.25) is 5.02 Å². The molecule has 0 saturated carbocycles. The zero-order valence-electron chi connectivity index (χ0n) is 11.2. The molecule has 0 bridgehead atoms. The second-order valence-electron chi connectivity index (χ2n) is 4.44. The first-order valence-corrected chi connectivity index (χ1v) is 6.88. The van der Waals surface area contributed by atoms with Gasteiger partial charge in [-0.1, -0.05) is 30.7 Å². The van der Waals surface area contributed by atoms with Gasteiger partial charge in [0.1, 0.15) is 0 Å². The molecule has 1 aromatic carbocycles. The minimum atomic E-state index is 0.485. The summed E-state index contributed by atoms with van der Waals surface area (Å²) in [4.78, 5) is 0. The summed E-state index contributed by atoms with van der Waals surface area (Å²) < 4.78 is 5.64. The highest BCUT2D eigenvalue weighted by Crippen LogP contribution is 2.29. The summed E-state index contributed by atoms with van der Waals surface area (Å²) in [5.41, 5.74) is 1.80. The van der Waals surface area contributed by atoms with Gasteiger partial charge in [-0.25, -0.2) is 0 Å². The standard InChI is InChI=1S/C14H18ClN3O/c1-3-8-16-9-7-12-17-18-14(19-12)11-6-4-5-10(2)13(11)15/h4-6,16H,3,7-9H2,1-2H3. The van der Waals surface area contributed by atoms with Crippen LogP contribution in [-0.2, 0) is 6.42 Å². The maximum atomic E-state index is 6.24. The zero-order valence-corrected chi connectivity index (χ0v) is 12.0. The second kappa shape index (κ2) is 6.68. The van der Waals surface area contributed by atoms with Gasteiger partial charge >= 0.3 is 0 Å². The van der Waals surface area contributed by atoms with Crippen LogP contribution in [0.3, 0.4) is 0 Å². The quantitative estimate of drug-likeness (QED) is 0.825. The molecule has 0 fully saturated rings. The van der Waals surface area contributed by atoms with E-state index in [1.807, 2.05) is 25.1 Å². The van der Waals surface area contributed by atoms with E-state index in [9.17, 15) is 0 Å². The third kappa shape index (κ3) is 3.55. The van der Waals surface area contributed by atoms with Crippen molar-refractivity contribution in [3.05, 3.63) is 34.7 Å². The Labute approximate surface area is 118 Å². The number of nitrogens with one attached hydrogen (secondary N) is 1. The smallest absolute Gasteiger partial charge is 0.249 e. The van der Waals surface area contributed by atoms with Crippen LogP contribution in [0.25, 0.3) is 11.5 Å². The van der Waals surface area contributed by atoms with Crippen LogP contribution in [0.5, 0.6) is 0 Å². The van der Waals surface area contributed by atoms with Crippen molar-refractivity contribution in [1.82, 2.24) is 15.5 Å². The lowest BCUT2D eigenvalue weighted by Gasteiger charge is -2.01. The fourth-order valence-electron chi connectivity index (χ4n) is 1.77. The van der Waals surface area contributed by atoms with Crippen molar-refractivity contribution < 1.29 is 4.42 Å². The fourth-order valence-corrected chi connectivity index (χ4v) is 1.98. The predicted octanol–water partition coefficient (Wildman–Crippen LogP) is 3.24. The van der Waals surface area contributed by atoms with Crippen LogP contribution in [-0.4, -0.2) is 23.3 Å². The number of hydrogen-bond acceptors (Lipinski definition) is 4. The normalized spacial score (nSPS) is 10.9. The Morgan fingerprint density at radius 3 is 2.89 bits per heavy atom. The van der Waals surface area contributed by atoms with Gasteiger partial charge in [0, 0.05) is 13.0 Å². The molecule has 19 heavy (non-hydrogen) atoms. The van der Waals surface area contributed by atoms with Gasteiger partial charge in [-0.2, -0.15) is 0 Å². The minimum absolute atomic E-state index is 0.485. The molecular formula is C14H18ClN3O. The molecule has 0 aliphatic rings. The van der Waals surface area contributed by atoms with E-state index >= 15 is 0 Å². The van der Waals surface area contributed by atoms with Crippen LogP contribution in [0.1, 0.15) is 24.8 Å². The molecule has 2 aromatic rings. The molecule has 1 N–H and O–H groups in total. The molecule has 0 unspecified atom stereocenters. The molecule has 1 aromatic heterocycles. The molecule has 0 saturated heterocycles. The van der Waals surface area contributed by atoms with Gasteiger partial charge in [0.25, 0.3) is 0 Å². The molecule has 4 nitrogen and oxygen atoms in total. The van der Waals surface area contributed by atoms with E-state index in [0.29, 0.717) is 16.8 Å². The van der Waals surface area contributed by atoms with Crippen LogP contribution in [0.4, 0.5) is 0 Å². The Bertz CT molecular complexity index is 539. The lowest BCUT2D eigenvalue weighted by atomic mass is 10.1. The summed E-state index contributed by atoms with van der Waals surface area (Å²) in [7, 11) is 0. The third-order valence-corrected chi connectivity index (χ3v) is 3.33. The summed E-state index contributed by atoms with van der Waals surface area (Å²) in [6, 6.07) is 5.78. The molecule has 0 aliphatic carbocycles. The zero-order chi connectivity index (χ0) is 13.7. The number of rotatable bonds is 6. The van der Waals surface area contributed by atoms with Gasteiger partial charge in [-0.05, 0) is 31.5 Å². The van der Waals surface area contributed by atoms with Crippen molar-refractivity contribution in [2.24, 2.45) is 0 Å².